The van der Waals surface area contributed by atoms with E-state index in [1.54, 1.807) is 11.0 Å². The largest absolute Gasteiger partial charge is 0.489 e. The number of halogens is 1. The number of carbonyl (C=O) groups excluding carboxylic acids is 2. The molecule has 0 fully saturated rings. The van der Waals surface area contributed by atoms with Crippen molar-refractivity contribution in [2.24, 2.45) is 5.73 Å². The molecule has 2 amide bonds. The number of benzene rings is 2. The van der Waals surface area contributed by atoms with Gasteiger partial charge < -0.3 is 15.4 Å². The van der Waals surface area contributed by atoms with Crippen LogP contribution >= 0.6 is 0 Å². The summed E-state index contributed by atoms with van der Waals surface area (Å²) in [7, 11) is 0. The summed E-state index contributed by atoms with van der Waals surface area (Å²) in [5, 5.41) is 0. The van der Waals surface area contributed by atoms with Gasteiger partial charge in [-0.25, -0.2) is 4.39 Å². The fourth-order valence-corrected chi connectivity index (χ4v) is 3.09. The second-order valence-electron chi connectivity index (χ2n) is 6.37. The molecule has 0 aliphatic carbocycles. The van der Waals surface area contributed by atoms with Crippen LogP contribution in [0.15, 0.2) is 42.5 Å². The molecule has 5 nitrogen and oxygen atoms in total. The smallest absolute Gasteiger partial charge is 0.232 e. The highest BCUT2D eigenvalue weighted by molar-refractivity contribution is 5.96. The molecular weight excluding hydrogens is 335 g/mol. The molecule has 26 heavy (non-hydrogen) atoms. The Bertz CT molecular complexity index is 822. The van der Waals surface area contributed by atoms with Crippen molar-refractivity contribution in [3.05, 3.63) is 65.0 Å². The summed E-state index contributed by atoms with van der Waals surface area (Å²) in [5.41, 5.74) is 8.16. The lowest BCUT2D eigenvalue weighted by Gasteiger charge is -2.19. The molecule has 1 aliphatic heterocycles. The number of ether oxygens (including phenoxy) is 1. The molecule has 6 heteroatoms. The van der Waals surface area contributed by atoms with Crippen molar-refractivity contribution in [2.75, 3.05) is 13.1 Å². The van der Waals surface area contributed by atoms with E-state index in [-0.39, 0.29) is 18.1 Å². The highest BCUT2D eigenvalue weighted by Crippen LogP contribution is 2.23. The Hall–Kier alpha value is -2.89. The molecule has 136 valence electrons. The topological polar surface area (TPSA) is 72.6 Å². The maximum Gasteiger partial charge on any atom is 0.232 e. The molecule has 0 spiro atoms. The van der Waals surface area contributed by atoms with Crippen molar-refractivity contribution in [3.8, 4) is 5.75 Å². The Morgan fingerprint density at radius 2 is 1.85 bits per heavy atom. The van der Waals surface area contributed by atoms with Gasteiger partial charge in [-0.3, -0.25) is 9.59 Å². The number of amides is 2. The number of carbonyl (C=O) groups is 2. The average Bonchev–Trinajstić information content (AvgIpc) is 2.81. The van der Waals surface area contributed by atoms with Gasteiger partial charge in [0.25, 0.3) is 0 Å². The van der Waals surface area contributed by atoms with E-state index >= 15 is 0 Å². The first-order valence-corrected chi connectivity index (χ1v) is 8.56. The molecule has 2 aromatic carbocycles. The zero-order valence-electron chi connectivity index (χ0n) is 14.4. The molecule has 0 atom stereocenters. The fourth-order valence-electron chi connectivity index (χ4n) is 3.09. The summed E-state index contributed by atoms with van der Waals surface area (Å²) in [5.74, 6) is -0.406. The molecular formula is C20H21FN2O3. The fraction of sp³-hybridized carbons (Fsp3) is 0.300. The van der Waals surface area contributed by atoms with Crippen molar-refractivity contribution in [2.45, 2.75) is 25.9 Å². The minimum Gasteiger partial charge on any atom is -0.489 e. The summed E-state index contributed by atoms with van der Waals surface area (Å²) >= 11 is 0. The minimum atomic E-state index is -0.607. The number of rotatable bonds is 5. The van der Waals surface area contributed by atoms with Gasteiger partial charge in [0, 0.05) is 13.1 Å². The van der Waals surface area contributed by atoms with Crippen LogP contribution in [0.1, 0.15) is 23.1 Å². The van der Waals surface area contributed by atoms with Gasteiger partial charge in [0.1, 0.15) is 24.6 Å². The van der Waals surface area contributed by atoms with Gasteiger partial charge in [0.2, 0.25) is 11.8 Å². The Morgan fingerprint density at radius 3 is 2.58 bits per heavy atom. The van der Waals surface area contributed by atoms with Crippen molar-refractivity contribution < 1.29 is 18.7 Å². The van der Waals surface area contributed by atoms with Gasteiger partial charge >= 0.3 is 0 Å². The van der Waals surface area contributed by atoms with Crippen LogP contribution in [-0.4, -0.2) is 29.8 Å². The van der Waals surface area contributed by atoms with E-state index in [1.165, 1.54) is 12.1 Å². The van der Waals surface area contributed by atoms with E-state index < -0.39 is 5.91 Å². The first-order valence-electron chi connectivity index (χ1n) is 8.56. The van der Waals surface area contributed by atoms with Crippen LogP contribution in [0, 0.1) is 5.82 Å². The zero-order valence-corrected chi connectivity index (χ0v) is 14.4. The molecule has 0 aromatic heterocycles. The number of nitrogens with two attached hydrogens (primary N) is 1. The lowest BCUT2D eigenvalue weighted by molar-refractivity contribution is -0.135. The molecule has 0 bridgehead atoms. The molecule has 0 radical (unpaired) electrons. The molecule has 0 saturated heterocycles. The maximum absolute atomic E-state index is 13.2. The third-order valence-corrected chi connectivity index (χ3v) is 4.45. The molecule has 0 saturated carbocycles. The van der Waals surface area contributed by atoms with Crippen LogP contribution in [0.2, 0.25) is 0 Å². The Balaban J connectivity index is 1.64. The van der Waals surface area contributed by atoms with E-state index in [9.17, 15) is 14.0 Å². The third-order valence-electron chi connectivity index (χ3n) is 4.45. The summed E-state index contributed by atoms with van der Waals surface area (Å²) < 4.78 is 19.0. The zero-order chi connectivity index (χ0) is 18.5. The summed E-state index contributed by atoms with van der Waals surface area (Å²) in [6, 6.07) is 12.2. The third kappa shape index (κ3) is 4.59. The Morgan fingerprint density at radius 1 is 1.08 bits per heavy atom. The van der Waals surface area contributed by atoms with Gasteiger partial charge in [-0.1, -0.05) is 18.2 Å². The minimum absolute atomic E-state index is 0.229. The van der Waals surface area contributed by atoms with Crippen LogP contribution in [0.4, 0.5) is 4.39 Å². The van der Waals surface area contributed by atoms with Crippen molar-refractivity contribution in [1.29, 1.82) is 0 Å². The van der Waals surface area contributed by atoms with Gasteiger partial charge in [0.05, 0.1) is 0 Å². The maximum atomic E-state index is 13.2. The number of nitrogens with zero attached hydrogens (tertiary/aromatic N) is 1. The van der Waals surface area contributed by atoms with Crippen LogP contribution in [0.5, 0.6) is 5.75 Å². The predicted molar refractivity (Wildman–Crippen MR) is 95.0 cm³/mol. The van der Waals surface area contributed by atoms with E-state index in [2.05, 4.69) is 0 Å². The summed E-state index contributed by atoms with van der Waals surface area (Å²) in [4.78, 5) is 24.7. The Kier molecular flexibility index (Phi) is 5.51. The normalized spacial score (nSPS) is 13.7. The van der Waals surface area contributed by atoms with Crippen LogP contribution in [-0.2, 0) is 29.0 Å². The summed E-state index contributed by atoms with van der Waals surface area (Å²) in [6.07, 6.45) is 1.17. The monoisotopic (exact) mass is 356 g/mol. The second-order valence-corrected chi connectivity index (χ2v) is 6.37. The molecule has 1 aliphatic rings. The molecule has 0 unspecified atom stereocenters. The van der Waals surface area contributed by atoms with E-state index in [4.69, 9.17) is 10.5 Å². The van der Waals surface area contributed by atoms with Gasteiger partial charge in [0.15, 0.2) is 0 Å². The SMILES string of the molecule is NC(=O)CC(=O)N1CCc2ccc(OCc3cccc(F)c3)cc2CC1. The number of fused-ring (bicyclic) bond motifs is 1. The number of hydrogen-bond acceptors (Lipinski definition) is 3. The number of hydrogen-bond donors (Lipinski definition) is 1. The lowest BCUT2D eigenvalue weighted by atomic mass is 10.0. The van der Waals surface area contributed by atoms with Crippen molar-refractivity contribution in [3.63, 3.8) is 0 Å². The lowest BCUT2D eigenvalue weighted by Crippen LogP contribution is -2.35. The van der Waals surface area contributed by atoms with Crippen LogP contribution < -0.4 is 10.5 Å². The highest BCUT2D eigenvalue weighted by Gasteiger charge is 2.20. The van der Waals surface area contributed by atoms with E-state index in [0.29, 0.717) is 31.9 Å². The Labute approximate surface area is 151 Å². The quantitative estimate of drug-likeness (QED) is 0.835. The highest BCUT2D eigenvalue weighted by atomic mass is 19.1. The second kappa shape index (κ2) is 7.99. The molecule has 2 aromatic rings. The van der Waals surface area contributed by atoms with Gasteiger partial charge in [-0.15, -0.1) is 0 Å². The first-order chi connectivity index (χ1) is 12.5. The molecule has 1 heterocycles. The predicted octanol–water partition coefficient (Wildman–Crippen LogP) is 2.21. The molecule has 2 N–H and O–H groups in total. The summed E-state index contributed by atoms with van der Waals surface area (Å²) in [6.45, 7) is 1.41. The standard InChI is InChI=1S/C20H21FN2O3/c21-17-3-1-2-14(10-17)13-26-18-5-4-15-6-8-23(9-7-16(15)11-18)20(25)12-19(22)24/h1-5,10-11H,6-9,12-13H2,(H2,22,24). The number of primary amides is 1. The average molecular weight is 356 g/mol. The van der Waals surface area contributed by atoms with E-state index in [1.807, 2.05) is 24.3 Å². The van der Waals surface area contributed by atoms with E-state index in [0.717, 1.165) is 23.1 Å². The van der Waals surface area contributed by atoms with Crippen molar-refractivity contribution >= 4 is 11.8 Å². The van der Waals surface area contributed by atoms with Crippen molar-refractivity contribution in [1.82, 2.24) is 4.90 Å². The molecule has 3 rings (SSSR count). The van der Waals surface area contributed by atoms with Crippen LogP contribution in [0.3, 0.4) is 0 Å². The van der Waals surface area contributed by atoms with Gasteiger partial charge in [-0.05, 0) is 53.8 Å². The van der Waals surface area contributed by atoms with Gasteiger partial charge in [-0.2, -0.15) is 0 Å². The first kappa shape index (κ1) is 17.9. The van der Waals surface area contributed by atoms with Crippen LogP contribution in [0.25, 0.3) is 0 Å².